The average molecular weight is 352 g/mol. The van der Waals surface area contributed by atoms with Crippen LogP contribution < -0.4 is 5.32 Å². The van der Waals surface area contributed by atoms with Gasteiger partial charge in [-0.05, 0) is 37.3 Å². The van der Waals surface area contributed by atoms with Gasteiger partial charge in [0.2, 0.25) is 0 Å². The Balaban J connectivity index is 1.53. The standard InChI is InChI=1S/C17H13FN6O2/c1-10-20-17(26-23-10)12-5-6-24-14(8-12)21-22-15(24)9-19-16(25)11-3-2-4-13(18)7-11/h2-8H,9H2,1H3,(H,19,25). The predicted molar refractivity (Wildman–Crippen MR) is 88.6 cm³/mol. The van der Waals surface area contributed by atoms with E-state index in [1.54, 1.807) is 35.7 Å². The summed E-state index contributed by atoms with van der Waals surface area (Å²) in [5.41, 5.74) is 1.54. The largest absolute Gasteiger partial charge is 0.345 e. The van der Waals surface area contributed by atoms with E-state index < -0.39 is 5.82 Å². The maximum Gasteiger partial charge on any atom is 0.258 e. The summed E-state index contributed by atoms with van der Waals surface area (Å²) in [6, 6.07) is 9.04. The Morgan fingerprint density at radius 2 is 2.15 bits per heavy atom. The van der Waals surface area contributed by atoms with Crippen LogP contribution in [0, 0.1) is 12.7 Å². The Bertz CT molecular complexity index is 1100. The molecule has 0 spiro atoms. The van der Waals surface area contributed by atoms with E-state index in [2.05, 4.69) is 25.7 Å². The maximum absolute atomic E-state index is 13.2. The summed E-state index contributed by atoms with van der Waals surface area (Å²) in [6.45, 7) is 1.89. The van der Waals surface area contributed by atoms with E-state index in [0.29, 0.717) is 23.2 Å². The number of hydrogen-bond acceptors (Lipinski definition) is 6. The molecular weight excluding hydrogens is 339 g/mol. The van der Waals surface area contributed by atoms with Gasteiger partial charge in [-0.3, -0.25) is 9.20 Å². The molecule has 1 N–H and O–H groups in total. The van der Waals surface area contributed by atoms with Crippen LogP contribution in [0.15, 0.2) is 47.1 Å². The minimum Gasteiger partial charge on any atom is -0.345 e. The molecule has 0 radical (unpaired) electrons. The molecule has 26 heavy (non-hydrogen) atoms. The highest BCUT2D eigenvalue weighted by molar-refractivity contribution is 5.94. The predicted octanol–water partition coefficient (Wildman–Crippen LogP) is 2.16. The van der Waals surface area contributed by atoms with Crippen molar-refractivity contribution in [2.24, 2.45) is 0 Å². The number of halogens is 1. The first-order chi connectivity index (χ1) is 12.6. The monoisotopic (exact) mass is 352 g/mol. The molecule has 8 nitrogen and oxygen atoms in total. The van der Waals surface area contributed by atoms with Gasteiger partial charge in [-0.25, -0.2) is 4.39 Å². The van der Waals surface area contributed by atoms with Gasteiger partial charge in [0, 0.05) is 17.3 Å². The third-order valence-electron chi connectivity index (χ3n) is 3.75. The van der Waals surface area contributed by atoms with Gasteiger partial charge in [0.05, 0.1) is 6.54 Å². The van der Waals surface area contributed by atoms with Crippen molar-refractivity contribution in [3.63, 3.8) is 0 Å². The van der Waals surface area contributed by atoms with Crippen molar-refractivity contribution >= 4 is 11.6 Å². The van der Waals surface area contributed by atoms with Crippen LogP contribution >= 0.6 is 0 Å². The van der Waals surface area contributed by atoms with E-state index >= 15 is 0 Å². The third kappa shape index (κ3) is 3.02. The van der Waals surface area contributed by atoms with E-state index in [1.807, 2.05) is 0 Å². The van der Waals surface area contributed by atoms with Gasteiger partial charge in [0.1, 0.15) is 5.82 Å². The first-order valence-electron chi connectivity index (χ1n) is 7.78. The second-order valence-corrected chi connectivity index (χ2v) is 5.60. The molecule has 0 saturated heterocycles. The lowest BCUT2D eigenvalue weighted by Crippen LogP contribution is -2.24. The number of nitrogens with one attached hydrogen (secondary N) is 1. The molecule has 1 aromatic carbocycles. The molecule has 3 heterocycles. The van der Waals surface area contributed by atoms with E-state index in [-0.39, 0.29) is 18.0 Å². The summed E-state index contributed by atoms with van der Waals surface area (Å²) in [7, 11) is 0. The zero-order valence-corrected chi connectivity index (χ0v) is 13.7. The molecule has 4 rings (SSSR count). The van der Waals surface area contributed by atoms with Crippen LogP contribution in [-0.2, 0) is 6.54 Å². The average Bonchev–Trinajstić information content (AvgIpc) is 3.25. The number of amides is 1. The Kier molecular flexibility index (Phi) is 3.88. The fourth-order valence-corrected chi connectivity index (χ4v) is 2.50. The second-order valence-electron chi connectivity index (χ2n) is 5.60. The fourth-order valence-electron chi connectivity index (χ4n) is 2.50. The molecule has 0 atom stereocenters. The van der Waals surface area contributed by atoms with Crippen molar-refractivity contribution in [1.82, 2.24) is 30.1 Å². The maximum atomic E-state index is 13.2. The summed E-state index contributed by atoms with van der Waals surface area (Å²) in [5, 5.41) is 14.6. The number of rotatable bonds is 4. The normalized spacial score (nSPS) is 11.0. The van der Waals surface area contributed by atoms with Crippen LogP contribution in [0.5, 0.6) is 0 Å². The Morgan fingerprint density at radius 3 is 2.92 bits per heavy atom. The summed E-state index contributed by atoms with van der Waals surface area (Å²) < 4.78 is 20.1. The number of pyridine rings is 1. The lowest BCUT2D eigenvalue weighted by Gasteiger charge is -2.04. The minimum atomic E-state index is -0.464. The van der Waals surface area contributed by atoms with E-state index in [0.717, 1.165) is 5.56 Å². The molecule has 0 bridgehead atoms. The summed E-state index contributed by atoms with van der Waals surface area (Å²) in [6.07, 6.45) is 1.76. The molecule has 0 aliphatic rings. The van der Waals surface area contributed by atoms with Crippen molar-refractivity contribution in [2.75, 3.05) is 0 Å². The van der Waals surface area contributed by atoms with Crippen LogP contribution in [0.2, 0.25) is 0 Å². The lowest BCUT2D eigenvalue weighted by atomic mass is 10.2. The summed E-state index contributed by atoms with van der Waals surface area (Å²) in [5.74, 6) is 0.627. The first-order valence-corrected chi connectivity index (χ1v) is 7.78. The number of carbonyl (C=O) groups excluding carboxylic acids is 1. The zero-order chi connectivity index (χ0) is 18.1. The molecule has 9 heteroatoms. The Morgan fingerprint density at radius 1 is 1.27 bits per heavy atom. The van der Waals surface area contributed by atoms with Gasteiger partial charge in [-0.15, -0.1) is 10.2 Å². The van der Waals surface area contributed by atoms with Crippen LogP contribution in [0.3, 0.4) is 0 Å². The minimum absolute atomic E-state index is 0.148. The van der Waals surface area contributed by atoms with Crippen LogP contribution in [0.1, 0.15) is 22.0 Å². The number of hydrogen-bond donors (Lipinski definition) is 1. The molecule has 0 unspecified atom stereocenters. The van der Waals surface area contributed by atoms with Crippen LogP contribution in [0.4, 0.5) is 4.39 Å². The zero-order valence-electron chi connectivity index (χ0n) is 13.7. The topological polar surface area (TPSA) is 98.2 Å². The van der Waals surface area contributed by atoms with E-state index in [1.165, 1.54) is 18.2 Å². The smallest absolute Gasteiger partial charge is 0.258 e. The number of aryl methyl sites for hydroxylation is 1. The Labute approximate surface area is 146 Å². The van der Waals surface area contributed by atoms with Gasteiger partial charge in [-0.1, -0.05) is 11.2 Å². The number of benzene rings is 1. The van der Waals surface area contributed by atoms with Gasteiger partial charge in [0.15, 0.2) is 17.3 Å². The SMILES string of the molecule is Cc1noc(-c2ccn3c(CNC(=O)c4cccc(F)c4)nnc3c2)n1. The molecule has 0 aliphatic carbocycles. The molecule has 4 aromatic rings. The molecule has 130 valence electrons. The van der Waals surface area contributed by atoms with Crippen molar-refractivity contribution in [2.45, 2.75) is 13.5 Å². The van der Waals surface area contributed by atoms with Gasteiger partial charge < -0.3 is 9.84 Å². The molecular formula is C17H13FN6O2. The number of aromatic nitrogens is 5. The number of nitrogens with zero attached hydrogens (tertiary/aromatic N) is 5. The number of carbonyl (C=O) groups is 1. The van der Waals surface area contributed by atoms with Gasteiger partial charge in [-0.2, -0.15) is 4.98 Å². The highest BCUT2D eigenvalue weighted by Gasteiger charge is 2.12. The van der Waals surface area contributed by atoms with Crippen molar-refractivity contribution in [1.29, 1.82) is 0 Å². The molecule has 0 aliphatic heterocycles. The molecule has 3 aromatic heterocycles. The van der Waals surface area contributed by atoms with Crippen molar-refractivity contribution in [3.05, 3.63) is 65.6 Å². The summed E-state index contributed by atoms with van der Waals surface area (Å²) in [4.78, 5) is 16.3. The fraction of sp³-hybridized carbons (Fsp3) is 0.118. The van der Waals surface area contributed by atoms with Crippen LogP contribution in [-0.4, -0.2) is 30.6 Å². The molecule has 1 amide bonds. The van der Waals surface area contributed by atoms with E-state index in [4.69, 9.17) is 4.52 Å². The lowest BCUT2D eigenvalue weighted by molar-refractivity contribution is 0.0949. The Hall–Kier alpha value is -3.62. The van der Waals surface area contributed by atoms with Crippen LogP contribution in [0.25, 0.3) is 17.1 Å². The summed E-state index contributed by atoms with van der Waals surface area (Å²) >= 11 is 0. The van der Waals surface area contributed by atoms with Gasteiger partial charge in [0.25, 0.3) is 11.8 Å². The van der Waals surface area contributed by atoms with E-state index in [9.17, 15) is 9.18 Å². The van der Waals surface area contributed by atoms with Crippen molar-refractivity contribution in [3.8, 4) is 11.5 Å². The quantitative estimate of drug-likeness (QED) is 0.604. The second kappa shape index (κ2) is 6.36. The number of fused-ring (bicyclic) bond motifs is 1. The molecule has 0 fully saturated rings. The van der Waals surface area contributed by atoms with Gasteiger partial charge >= 0.3 is 0 Å². The first kappa shape index (κ1) is 15.9. The highest BCUT2D eigenvalue weighted by atomic mass is 19.1. The third-order valence-corrected chi connectivity index (χ3v) is 3.75. The highest BCUT2D eigenvalue weighted by Crippen LogP contribution is 2.18. The van der Waals surface area contributed by atoms with Crippen molar-refractivity contribution < 1.29 is 13.7 Å². The molecule has 0 saturated carbocycles.